The van der Waals surface area contributed by atoms with E-state index in [2.05, 4.69) is 0 Å². The topological polar surface area (TPSA) is 51.5 Å². The molecular weight excluding hydrogens is 349 g/mol. The van der Waals surface area contributed by atoms with Crippen molar-refractivity contribution in [3.05, 3.63) is 64.3 Å². The molecule has 0 amide bonds. The third-order valence-corrected chi connectivity index (χ3v) is 4.28. The number of hydrogen-bond acceptors (Lipinski definition) is 3. The molecule has 0 saturated heterocycles. The van der Waals surface area contributed by atoms with Crippen LogP contribution in [0.15, 0.2) is 48.7 Å². The summed E-state index contributed by atoms with van der Waals surface area (Å²) >= 11 is 11.9. The van der Waals surface area contributed by atoms with Crippen molar-refractivity contribution in [1.82, 2.24) is 4.57 Å². The largest absolute Gasteiger partial charge is 0.479 e. The molecule has 1 heterocycles. The van der Waals surface area contributed by atoms with E-state index in [9.17, 15) is 9.90 Å². The Bertz CT molecular complexity index is 904. The van der Waals surface area contributed by atoms with E-state index in [1.165, 1.54) is 4.57 Å². The minimum absolute atomic E-state index is 0.140. The van der Waals surface area contributed by atoms with Crippen molar-refractivity contribution >= 4 is 40.0 Å². The highest BCUT2D eigenvalue weighted by Gasteiger charge is 2.21. The first-order valence-electron chi connectivity index (χ1n) is 7.37. The normalized spacial score (nSPS) is 12.3. The molecule has 1 atom stereocenters. The first kappa shape index (κ1) is 16.8. The second kappa shape index (κ2) is 6.85. The Morgan fingerprint density at radius 2 is 2.00 bits per heavy atom. The third kappa shape index (κ3) is 3.13. The lowest BCUT2D eigenvalue weighted by Gasteiger charge is -2.15. The number of ether oxygens (including phenoxy) is 1. The van der Waals surface area contributed by atoms with Gasteiger partial charge in [-0.3, -0.25) is 9.36 Å². The van der Waals surface area contributed by atoms with E-state index in [0.717, 1.165) is 10.9 Å². The number of fused-ring (bicyclic) bond motifs is 1. The zero-order valence-electron chi connectivity index (χ0n) is 12.9. The number of carbonyl (C=O) groups is 1. The van der Waals surface area contributed by atoms with Gasteiger partial charge in [0.15, 0.2) is 6.10 Å². The van der Waals surface area contributed by atoms with Crippen LogP contribution >= 0.6 is 23.2 Å². The van der Waals surface area contributed by atoms with Crippen LogP contribution in [0.4, 0.5) is 0 Å². The number of aliphatic hydroxyl groups excluding tert-OH is 1. The standard InChI is InChI=1S/C18H15Cl2NO3/c1-11(24-17-7-6-13(19)8-15(17)20)18(23)21-9-12(10-22)14-4-2-3-5-16(14)21/h2-9,11,22H,10H2,1H3/t11-/m0/s1. The Balaban J connectivity index is 1.91. The zero-order chi connectivity index (χ0) is 17.3. The average molecular weight is 364 g/mol. The molecule has 0 radical (unpaired) electrons. The zero-order valence-corrected chi connectivity index (χ0v) is 14.4. The Kier molecular flexibility index (Phi) is 4.81. The van der Waals surface area contributed by atoms with Gasteiger partial charge < -0.3 is 9.84 Å². The highest BCUT2D eigenvalue weighted by atomic mass is 35.5. The smallest absolute Gasteiger partial charge is 0.271 e. The van der Waals surface area contributed by atoms with Crippen LogP contribution < -0.4 is 4.74 Å². The van der Waals surface area contributed by atoms with Crippen molar-refractivity contribution < 1.29 is 14.6 Å². The number of aliphatic hydroxyl groups is 1. The molecule has 2 aromatic carbocycles. The number of rotatable bonds is 4. The first-order chi connectivity index (χ1) is 11.5. The summed E-state index contributed by atoms with van der Waals surface area (Å²) in [6.07, 6.45) is 0.877. The Labute approximate surface area is 149 Å². The van der Waals surface area contributed by atoms with Crippen molar-refractivity contribution in [2.24, 2.45) is 0 Å². The number of para-hydroxylation sites is 1. The summed E-state index contributed by atoms with van der Waals surface area (Å²) in [6.45, 7) is 1.51. The Morgan fingerprint density at radius 3 is 2.71 bits per heavy atom. The molecule has 0 unspecified atom stereocenters. The summed E-state index contributed by atoms with van der Waals surface area (Å²) in [5.74, 6) is 0.137. The van der Waals surface area contributed by atoms with E-state index in [4.69, 9.17) is 27.9 Å². The number of aromatic nitrogens is 1. The number of hydrogen-bond donors (Lipinski definition) is 1. The van der Waals surface area contributed by atoms with Crippen LogP contribution in [0.2, 0.25) is 10.0 Å². The van der Waals surface area contributed by atoms with Crippen LogP contribution in [0.5, 0.6) is 5.75 Å². The summed E-state index contributed by atoms with van der Waals surface area (Å²) in [5.41, 5.74) is 1.42. The summed E-state index contributed by atoms with van der Waals surface area (Å²) in [6, 6.07) is 12.2. The maximum Gasteiger partial charge on any atom is 0.271 e. The SMILES string of the molecule is C[C@H](Oc1ccc(Cl)cc1Cl)C(=O)n1cc(CO)c2ccccc21. The molecule has 4 nitrogen and oxygen atoms in total. The third-order valence-electron chi connectivity index (χ3n) is 3.75. The van der Waals surface area contributed by atoms with Gasteiger partial charge >= 0.3 is 0 Å². The van der Waals surface area contributed by atoms with Crippen LogP contribution in [-0.4, -0.2) is 21.7 Å². The molecule has 3 rings (SSSR count). The van der Waals surface area contributed by atoms with Gasteiger partial charge in [-0.1, -0.05) is 41.4 Å². The molecule has 0 aliphatic carbocycles. The minimum atomic E-state index is -0.758. The monoisotopic (exact) mass is 363 g/mol. The lowest BCUT2D eigenvalue weighted by molar-refractivity contribution is 0.0733. The van der Waals surface area contributed by atoms with Gasteiger partial charge in [-0.25, -0.2) is 0 Å². The van der Waals surface area contributed by atoms with E-state index in [0.29, 0.717) is 21.4 Å². The number of carbonyl (C=O) groups excluding carboxylic acids is 1. The second-order valence-electron chi connectivity index (χ2n) is 5.37. The molecule has 0 fully saturated rings. The quantitative estimate of drug-likeness (QED) is 0.739. The predicted octanol–water partition coefficient (Wildman–Crippen LogP) is 4.55. The Hall–Kier alpha value is -2.01. The lowest BCUT2D eigenvalue weighted by atomic mass is 10.2. The molecule has 24 heavy (non-hydrogen) atoms. The molecular formula is C18H15Cl2NO3. The van der Waals surface area contributed by atoms with Gasteiger partial charge in [0.2, 0.25) is 0 Å². The second-order valence-corrected chi connectivity index (χ2v) is 6.22. The van der Waals surface area contributed by atoms with Crippen molar-refractivity contribution in [3.8, 4) is 5.75 Å². The van der Waals surface area contributed by atoms with Crippen molar-refractivity contribution in [2.45, 2.75) is 19.6 Å². The van der Waals surface area contributed by atoms with Gasteiger partial charge in [0, 0.05) is 22.2 Å². The summed E-state index contributed by atoms with van der Waals surface area (Å²) in [5, 5.41) is 11.2. The number of halogens is 2. The van der Waals surface area contributed by atoms with Crippen molar-refractivity contribution in [1.29, 1.82) is 0 Å². The fourth-order valence-corrected chi connectivity index (χ4v) is 3.02. The van der Waals surface area contributed by atoms with E-state index >= 15 is 0 Å². The molecule has 3 aromatic rings. The average Bonchev–Trinajstić information content (AvgIpc) is 2.95. The fraction of sp³-hybridized carbons (Fsp3) is 0.167. The van der Waals surface area contributed by atoms with Gasteiger partial charge in [-0.2, -0.15) is 0 Å². The molecule has 0 saturated carbocycles. The van der Waals surface area contributed by atoms with Gasteiger partial charge in [0.1, 0.15) is 5.75 Å². The van der Waals surface area contributed by atoms with Crippen LogP contribution in [-0.2, 0) is 6.61 Å². The van der Waals surface area contributed by atoms with Crippen molar-refractivity contribution in [3.63, 3.8) is 0 Å². The molecule has 124 valence electrons. The lowest BCUT2D eigenvalue weighted by Crippen LogP contribution is -2.28. The van der Waals surface area contributed by atoms with E-state index in [1.807, 2.05) is 24.3 Å². The van der Waals surface area contributed by atoms with Gasteiger partial charge in [0.25, 0.3) is 5.91 Å². The van der Waals surface area contributed by atoms with Crippen molar-refractivity contribution in [2.75, 3.05) is 0 Å². The number of nitrogens with zero attached hydrogens (tertiary/aromatic N) is 1. The summed E-state index contributed by atoms with van der Waals surface area (Å²) < 4.78 is 7.18. The van der Waals surface area contributed by atoms with Gasteiger partial charge in [0.05, 0.1) is 17.1 Å². The fourth-order valence-electron chi connectivity index (χ4n) is 2.57. The minimum Gasteiger partial charge on any atom is -0.479 e. The van der Waals surface area contributed by atoms with E-state index in [1.54, 1.807) is 31.3 Å². The first-order valence-corrected chi connectivity index (χ1v) is 8.12. The highest BCUT2D eigenvalue weighted by Crippen LogP contribution is 2.29. The molecule has 0 aliphatic rings. The molecule has 0 bridgehead atoms. The summed E-state index contributed by atoms with van der Waals surface area (Å²) in [7, 11) is 0. The van der Waals surface area contributed by atoms with Gasteiger partial charge in [-0.15, -0.1) is 0 Å². The Morgan fingerprint density at radius 1 is 1.25 bits per heavy atom. The number of benzene rings is 2. The molecule has 6 heteroatoms. The highest BCUT2D eigenvalue weighted by molar-refractivity contribution is 6.35. The predicted molar refractivity (Wildman–Crippen MR) is 95.0 cm³/mol. The van der Waals surface area contributed by atoms with Crippen LogP contribution in [0.25, 0.3) is 10.9 Å². The van der Waals surface area contributed by atoms with Crippen LogP contribution in [0.1, 0.15) is 17.3 Å². The maximum atomic E-state index is 12.8. The van der Waals surface area contributed by atoms with E-state index < -0.39 is 6.10 Å². The van der Waals surface area contributed by atoms with E-state index in [-0.39, 0.29) is 12.5 Å². The van der Waals surface area contributed by atoms with Gasteiger partial charge in [-0.05, 0) is 31.2 Å². The van der Waals surface area contributed by atoms with Crippen LogP contribution in [0, 0.1) is 0 Å². The van der Waals surface area contributed by atoms with Crippen LogP contribution in [0.3, 0.4) is 0 Å². The molecule has 1 aromatic heterocycles. The molecule has 0 spiro atoms. The maximum absolute atomic E-state index is 12.8. The molecule has 0 aliphatic heterocycles. The summed E-state index contributed by atoms with van der Waals surface area (Å²) in [4.78, 5) is 12.8. The molecule has 1 N–H and O–H groups in total.